The third-order valence-electron chi connectivity index (χ3n) is 7.32. The number of hydrogen-bond donors (Lipinski definition) is 2. The van der Waals surface area contributed by atoms with Crippen molar-refractivity contribution < 1.29 is 9.50 Å². The Hall–Kier alpha value is -2.85. The number of nitrogens with zero attached hydrogens (tertiary/aromatic N) is 6. The molecule has 4 heterocycles. The van der Waals surface area contributed by atoms with Gasteiger partial charge in [-0.05, 0) is 62.1 Å². The van der Waals surface area contributed by atoms with Crippen LogP contribution in [-0.4, -0.2) is 67.1 Å². The average molecular weight is 494 g/mol. The van der Waals surface area contributed by atoms with Crippen LogP contribution in [0.25, 0.3) is 22.4 Å². The Morgan fingerprint density at radius 2 is 1.94 bits per heavy atom. The molecule has 1 aromatic carbocycles. The molecule has 2 aromatic heterocycles. The fraction of sp³-hybridized carbons (Fsp3) is 0.480. The van der Waals surface area contributed by atoms with Gasteiger partial charge in [-0.15, -0.1) is 27.1 Å². The Labute approximate surface area is 207 Å². The summed E-state index contributed by atoms with van der Waals surface area (Å²) in [5.41, 5.74) is 2.73. The first kappa shape index (κ1) is 22.6. The second kappa shape index (κ2) is 9.31. The quantitative estimate of drug-likeness (QED) is 0.493. The van der Waals surface area contributed by atoms with Crippen molar-refractivity contribution in [1.82, 2.24) is 30.7 Å². The van der Waals surface area contributed by atoms with Crippen LogP contribution in [0.5, 0.6) is 5.75 Å². The summed E-state index contributed by atoms with van der Waals surface area (Å²) in [6.07, 6.45) is 10.2. The summed E-state index contributed by atoms with van der Waals surface area (Å²) in [5.74, 6) is 0.565. The van der Waals surface area contributed by atoms with Crippen LogP contribution >= 0.6 is 11.8 Å². The fourth-order valence-corrected chi connectivity index (χ4v) is 5.80. The van der Waals surface area contributed by atoms with Crippen LogP contribution in [0.15, 0.2) is 41.7 Å². The minimum absolute atomic E-state index is 0.0842. The minimum Gasteiger partial charge on any atom is -0.507 e. The number of halogens is 1. The van der Waals surface area contributed by atoms with Crippen molar-refractivity contribution in [3.8, 4) is 28.1 Å². The first-order valence-electron chi connectivity index (χ1n) is 12.2. The number of hydrogen-bond acceptors (Lipinski definition) is 9. The highest BCUT2D eigenvalue weighted by Crippen LogP contribution is 2.39. The van der Waals surface area contributed by atoms with Gasteiger partial charge in [-0.3, -0.25) is 0 Å². The molecule has 0 unspecified atom stereocenters. The number of rotatable bonds is 6. The third-order valence-corrected chi connectivity index (χ3v) is 7.94. The maximum atomic E-state index is 15.4. The predicted molar refractivity (Wildman–Crippen MR) is 133 cm³/mol. The maximum absolute atomic E-state index is 15.4. The summed E-state index contributed by atoms with van der Waals surface area (Å²) in [6.45, 7) is 0. The molecule has 2 bridgehead atoms. The van der Waals surface area contributed by atoms with Gasteiger partial charge in [0, 0.05) is 29.3 Å². The average Bonchev–Trinajstić information content (AvgIpc) is 3.73. The molecule has 3 aromatic rings. The van der Waals surface area contributed by atoms with Gasteiger partial charge in [0.05, 0.1) is 18.4 Å². The molecule has 35 heavy (non-hydrogen) atoms. The van der Waals surface area contributed by atoms with Gasteiger partial charge < -0.3 is 15.3 Å². The number of alkyl halides is 1. The molecule has 1 aliphatic carbocycles. The van der Waals surface area contributed by atoms with Crippen LogP contribution in [0.4, 0.5) is 10.3 Å². The highest BCUT2D eigenvalue weighted by Gasteiger charge is 2.47. The molecule has 2 N–H and O–H groups in total. The highest BCUT2D eigenvalue weighted by atomic mass is 32.2. The van der Waals surface area contributed by atoms with Gasteiger partial charge in [0.15, 0.2) is 0 Å². The summed E-state index contributed by atoms with van der Waals surface area (Å²) in [6, 6.07) is 7.66. The fourth-order valence-electron chi connectivity index (χ4n) is 5.43. The maximum Gasteiger partial charge on any atom is 0.245 e. The smallest absolute Gasteiger partial charge is 0.245 e. The van der Waals surface area contributed by atoms with Gasteiger partial charge in [-0.1, -0.05) is 12.5 Å². The van der Waals surface area contributed by atoms with Crippen LogP contribution < -0.4 is 10.2 Å². The van der Waals surface area contributed by atoms with Crippen molar-refractivity contribution in [1.29, 1.82) is 0 Å². The van der Waals surface area contributed by atoms with Crippen LogP contribution in [0.3, 0.4) is 0 Å². The number of aromatic hydroxyl groups is 1. The molecule has 8 nitrogen and oxygen atoms in total. The topological polar surface area (TPSA) is 100.0 Å². The third kappa shape index (κ3) is 4.45. The molecular weight excluding hydrogens is 465 g/mol. The predicted octanol–water partition coefficient (Wildman–Crippen LogP) is 4.01. The van der Waals surface area contributed by atoms with E-state index in [0.717, 1.165) is 54.7 Å². The zero-order valence-corrected chi connectivity index (χ0v) is 20.3. The van der Waals surface area contributed by atoms with Crippen molar-refractivity contribution in [2.24, 2.45) is 0 Å². The van der Waals surface area contributed by atoms with E-state index in [1.165, 1.54) is 11.8 Å². The van der Waals surface area contributed by atoms with E-state index < -0.39 is 6.17 Å². The second-order valence-corrected chi connectivity index (χ2v) is 10.5. The van der Waals surface area contributed by atoms with E-state index in [1.807, 2.05) is 18.4 Å². The number of nitrogens with one attached hydrogen (secondary N) is 1. The number of aromatic nitrogens is 5. The summed E-state index contributed by atoms with van der Waals surface area (Å²) in [7, 11) is 0. The van der Waals surface area contributed by atoms with E-state index in [4.69, 9.17) is 0 Å². The van der Waals surface area contributed by atoms with Gasteiger partial charge in [0.2, 0.25) is 5.95 Å². The molecule has 0 amide bonds. The lowest BCUT2D eigenvalue weighted by molar-refractivity contribution is 0.103. The molecule has 0 radical (unpaired) electrons. The lowest BCUT2D eigenvalue weighted by Gasteiger charge is -2.46. The van der Waals surface area contributed by atoms with Crippen LogP contribution in [0.2, 0.25) is 0 Å². The van der Waals surface area contributed by atoms with Crippen molar-refractivity contribution >= 4 is 17.7 Å². The molecule has 0 spiro atoms. The van der Waals surface area contributed by atoms with Crippen molar-refractivity contribution in [2.75, 3.05) is 11.2 Å². The van der Waals surface area contributed by atoms with E-state index in [2.05, 4.69) is 35.6 Å². The van der Waals surface area contributed by atoms with Gasteiger partial charge in [0.25, 0.3) is 0 Å². The number of phenolic OH excluding ortho intramolecular Hbond substituents is 1. The Kier molecular flexibility index (Phi) is 6.01. The Bertz CT molecular complexity index is 1210. The van der Waals surface area contributed by atoms with Crippen LogP contribution in [0, 0.1) is 0 Å². The zero-order valence-electron chi connectivity index (χ0n) is 19.5. The minimum atomic E-state index is -0.943. The molecular formula is C25H28FN7OS. The standard InChI is InChI=1S/C25H28FN7OS/c1-35-23-10-15(12-28-31-23)14-5-8-18(22(34)9-14)20-13-27-25(32-30-20)33(17-6-7-17)21-11-16-3-2-4-19(29-16)24(21)26/h5,8-10,12-13,16-17,19,21,24,29,34H,2-4,6-7,11H2,1H3/t16-,19-,21+,24-/m0/s1. The van der Waals surface area contributed by atoms with Gasteiger partial charge in [-0.25, -0.2) is 9.37 Å². The molecule has 3 fully saturated rings. The number of piperidine rings is 2. The SMILES string of the molecule is CSc1cc(-c2ccc(-c3cnc(N(C4CC4)[C@@H]4C[C@@H]5CCC[C@H](N5)[C@@H]4F)nn3)c(O)c2)cnn1. The van der Waals surface area contributed by atoms with Crippen molar-refractivity contribution in [3.05, 3.63) is 36.7 Å². The Balaban J connectivity index is 1.25. The lowest BCUT2D eigenvalue weighted by Crippen LogP contribution is -2.62. The van der Waals surface area contributed by atoms with Crippen molar-refractivity contribution in [3.63, 3.8) is 0 Å². The normalized spacial score (nSPS) is 25.9. The van der Waals surface area contributed by atoms with E-state index in [0.29, 0.717) is 23.2 Å². The first-order chi connectivity index (χ1) is 17.1. The van der Waals surface area contributed by atoms with E-state index >= 15 is 4.39 Å². The lowest BCUT2D eigenvalue weighted by atomic mass is 9.82. The van der Waals surface area contributed by atoms with Crippen molar-refractivity contribution in [2.45, 2.75) is 73.9 Å². The summed E-state index contributed by atoms with van der Waals surface area (Å²) < 4.78 is 15.4. The van der Waals surface area contributed by atoms with Crippen LogP contribution in [0.1, 0.15) is 38.5 Å². The molecule has 4 atom stereocenters. The van der Waals surface area contributed by atoms with E-state index in [-0.39, 0.29) is 23.9 Å². The highest BCUT2D eigenvalue weighted by molar-refractivity contribution is 7.98. The summed E-state index contributed by atoms with van der Waals surface area (Å²) in [5, 5.41) is 31.9. The molecule has 2 saturated heterocycles. The van der Waals surface area contributed by atoms with Gasteiger partial charge in [-0.2, -0.15) is 5.10 Å². The largest absolute Gasteiger partial charge is 0.507 e. The number of anilines is 1. The number of fused-ring (bicyclic) bond motifs is 2. The first-order valence-corrected chi connectivity index (χ1v) is 13.4. The number of phenols is 1. The molecule has 1 saturated carbocycles. The van der Waals surface area contributed by atoms with E-state index in [1.54, 1.807) is 24.5 Å². The zero-order chi connectivity index (χ0) is 23.9. The Morgan fingerprint density at radius 3 is 2.69 bits per heavy atom. The summed E-state index contributed by atoms with van der Waals surface area (Å²) in [4.78, 5) is 6.68. The second-order valence-electron chi connectivity index (χ2n) is 9.65. The molecule has 182 valence electrons. The molecule has 2 aliphatic heterocycles. The Morgan fingerprint density at radius 1 is 1.06 bits per heavy atom. The molecule has 3 aliphatic rings. The van der Waals surface area contributed by atoms with Crippen LogP contribution in [-0.2, 0) is 0 Å². The number of benzene rings is 1. The van der Waals surface area contributed by atoms with E-state index in [9.17, 15) is 5.11 Å². The number of thioether (sulfide) groups is 1. The van der Waals surface area contributed by atoms with Gasteiger partial charge in [0.1, 0.15) is 22.6 Å². The molecule has 6 rings (SSSR count). The van der Waals surface area contributed by atoms with Gasteiger partial charge >= 0.3 is 0 Å². The summed E-state index contributed by atoms with van der Waals surface area (Å²) >= 11 is 1.51. The monoisotopic (exact) mass is 493 g/mol. The molecule has 10 heteroatoms.